The second kappa shape index (κ2) is 12.9. The van der Waals surface area contributed by atoms with Gasteiger partial charge in [0.2, 0.25) is 5.91 Å². The molecule has 2 saturated heterocycles. The van der Waals surface area contributed by atoms with Crippen LogP contribution in [-0.2, 0) is 4.79 Å². The first-order valence-corrected chi connectivity index (χ1v) is 10.7. The number of nitrogens with zero attached hydrogens (tertiary/aromatic N) is 2. The van der Waals surface area contributed by atoms with Gasteiger partial charge in [0, 0.05) is 37.7 Å². The van der Waals surface area contributed by atoms with Crippen molar-refractivity contribution in [3.63, 3.8) is 0 Å². The molecule has 7 heteroatoms. The van der Waals surface area contributed by atoms with E-state index < -0.39 is 0 Å². The minimum atomic E-state index is -0.101. The predicted octanol–water partition coefficient (Wildman–Crippen LogP) is 3.47. The van der Waals surface area contributed by atoms with Gasteiger partial charge < -0.3 is 10.2 Å². The highest BCUT2D eigenvalue weighted by Crippen LogP contribution is 2.29. The van der Waals surface area contributed by atoms with Crippen LogP contribution in [-0.4, -0.2) is 67.0 Å². The van der Waals surface area contributed by atoms with Crippen LogP contribution in [0.3, 0.4) is 0 Å². The number of hydrogen-bond donors (Lipinski definition) is 1. The van der Waals surface area contributed by atoms with E-state index in [0.717, 1.165) is 68.6 Å². The van der Waals surface area contributed by atoms with E-state index in [0.29, 0.717) is 5.91 Å². The molecule has 0 saturated carbocycles. The second-order valence-electron chi connectivity index (χ2n) is 7.12. The fraction of sp³-hybridized carbons (Fsp3) is 0.650. The number of hydrogen-bond acceptors (Lipinski definition) is 4. The molecule has 1 N–H and O–H groups in total. The summed E-state index contributed by atoms with van der Waals surface area (Å²) in [5.41, 5.74) is 1.15. The van der Waals surface area contributed by atoms with Gasteiger partial charge in [0.1, 0.15) is 6.04 Å². The average molecular weight is 434 g/mol. The number of carbonyl (C=O) groups excluding carboxylic acids is 1. The Balaban J connectivity index is 0.00000182. The third kappa shape index (κ3) is 6.82. The van der Waals surface area contributed by atoms with Gasteiger partial charge in [-0.3, -0.25) is 9.69 Å². The lowest BCUT2D eigenvalue weighted by Gasteiger charge is -2.39. The molecular weight excluding hydrogens is 401 g/mol. The largest absolute Gasteiger partial charge is 0.341 e. The molecule has 2 aliphatic rings. The number of piperidine rings is 1. The highest BCUT2D eigenvalue weighted by Gasteiger charge is 2.33. The van der Waals surface area contributed by atoms with E-state index in [1.807, 2.05) is 24.9 Å². The normalized spacial score (nSPS) is 19.7. The van der Waals surface area contributed by atoms with Crippen LogP contribution in [0.2, 0.25) is 0 Å². The third-order valence-electron chi connectivity index (χ3n) is 5.49. The molecular formula is C20H33Cl2N3OS. The molecule has 154 valence electrons. The van der Waals surface area contributed by atoms with E-state index in [2.05, 4.69) is 39.4 Å². The maximum atomic E-state index is 13.4. The molecule has 1 aromatic rings. The van der Waals surface area contributed by atoms with Crippen LogP contribution in [0.25, 0.3) is 0 Å². The number of thioether (sulfide) groups is 1. The minimum Gasteiger partial charge on any atom is -0.341 e. The van der Waals surface area contributed by atoms with Crippen molar-refractivity contribution < 1.29 is 4.79 Å². The lowest BCUT2D eigenvalue weighted by Crippen LogP contribution is -2.48. The zero-order valence-corrected chi connectivity index (χ0v) is 18.6. The number of nitrogens with one attached hydrogen (secondary N) is 1. The molecule has 1 atom stereocenters. The fourth-order valence-electron chi connectivity index (χ4n) is 3.94. The van der Waals surface area contributed by atoms with Crippen LogP contribution in [0.15, 0.2) is 30.3 Å². The Morgan fingerprint density at radius 2 is 1.74 bits per heavy atom. The Bertz CT molecular complexity index is 535. The molecule has 3 rings (SSSR count). The van der Waals surface area contributed by atoms with Gasteiger partial charge in [-0.15, -0.1) is 24.8 Å². The first-order valence-electron chi connectivity index (χ1n) is 9.59. The molecule has 0 aromatic heterocycles. The van der Waals surface area contributed by atoms with E-state index in [1.54, 1.807) is 0 Å². The Morgan fingerprint density at radius 3 is 2.33 bits per heavy atom. The summed E-state index contributed by atoms with van der Waals surface area (Å²) < 4.78 is 0. The van der Waals surface area contributed by atoms with Crippen LogP contribution in [0.4, 0.5) is 0 Å². The van der Waals surface area contributed by atoms with Crippen LogP contribution >= 0.6 is 36.6 Å². The van der Waals surface area contributed by atoms with Crippen LogP contribution in [0.1, 0.15) is 30.9 Å². The Morgan fingerprint density at radius 1 is 1.11 bits per heavy atom. The van der Waals surface area contributed by atoms with Crippen molar-refractivity contribution in [3.8, 4) is 0 Å². The molecule has 1 unspecified atom stereocenters. The molecule has 1 amide bonds. The maximum absolute atomic E-state index is 13.4. The van der Waals surface area contributed by atoms with Crippen molar-refractivity contribution in [1.82, 2.24) is 15.1 Å². The van der Waals surface area contributed by atoms with Gasteiger partial charge in [0.25, 0.3) is 0 Å². The van der Waals surface area contributed by atoms with Crippen LogP contribution in [0, 0.1) is 5.92 Å². The SMILES string of the molecule is CNCCC1CCN(C(=O)C(c2ccccc2)N2CCSCC2)CC1.Cl.Cl. The number of rotatable bonds is 6. The molecule has 0 aliphatic carbocycles. The zero-order chi connectivity index (χ0) is 17.5. The number of benzene rings is 1. The maximum Gasteiger partial charge on any atom is 0.244 e. The van der Waals surface area contributed by atoms with Crippen molar-refractivity contribution in [3.05, 3.63) is 35.9 Å². The molecule has 0 spiro atoms. The van der Waals surface area contributed by atoms with E-state index in [9.17, 15) is 4.79 Å². The summed E-state index contributed by atoms with van der Waals surface area (Å²) in [5.74, 6) is 3.33. The number of likely N-dealkylation sites (tertiary alicyclic amines) is 1. The monoisotopic (exact) mass is 433 g/mol. The summed E-state index contributed by atoms with van der Waals surface area (Å²) >= 11 is 1.99. The quantitative estimate of drug-likeness (QED) is 0.744. The van der Waals surface area contributed by atoms with Gasteiger partial charge in [-0.2, -0.15) is 11.8 Å². The second-order valence-corrected chi connectivity index (χ2v) is 8.35. The summed E-state index contributed by atoms with van der Waals surface area (Å²) in [6, 6.07) is 10.3. The molecule has 2 aliphatic heterocycles. The summed E-state index contributed by atoms with van der Waals surface area (Å²) in [6.45, 7) is 4.93. The Kier molecular flexibility index (Phi) is 11.7. The van der Waals surface area contributed by atoms with Crippen molar-refractivity contribution in [2.24, 2.45) is 5.92 Å². The Hall–Kier alpha value is -0.460. The molecule has 4 nitrogen and oxygen atoms in total. The number of amides is 1. The van der Waals surface area contributed by atoms with E-state index in [1.165, 1.54) is 6.42 Å². The fourth-order valence-corrected chi connectivity index (χ4v) is 4.88. The van der Waals surface area contributed by atoms with E-state index in [-0.39, 0.29) is 30.9 Å². The summed E-state index contributed by atoms with van der Waals surface area (Å²) in [7, 11) is 2.01. The third-order valence-corrected chi connectivity index (χ3v) is 6.43. The molecule has 0 bridgehead atoms. The summed E-state index contributed by atoms with van der Waals surface area (Å²) in [4.78, 5) is 17.9. The lowest BCUT2D eigenvalue weighted by atomic mass is 9.92. The smallest absolute Gasteiger partial charge is 0.244 e. The van der Waals surface area contributed by atoms with Crippen molar-refractivity contribution in [2.75, 3.05) is 51.3 Å². The van der Waals surface area contributed by atoms with Gasteiger partial charge in [0.05, 0.1) is 0 Å². The van der Waals surface area contributed by atoms with Gasteiger partial charge in [-0.05, 0) is 44.3 Å². The van der Waals surface area contributed by atoms with Crippen molar-refractivity contribution in [1.29, 1.82) is 0 Å². The molecule has 2 fully saturated rings. The van der Waals surface area contributed by atoms with Crippen molar-refractivity contribution in [2.45, 2.75) is 25.3 Å². The van der Waals surface area contributed by atoms with Gasteiger partial charge >= 0.3 is 0 Å². The summed E-state index contributed by atoms with van der Waals surface area (Å²) in [6.07, 6.45) is 3.51. The van der Waals surface area contributed by atoms with Gasteiger partial charge in [0.15, 0.2) is 0 Å². The standard InChI is InChI=1S/C20H31N3OS.2ClH/c1-21-10-7-17-8-11-23(12-9-17)20(24)19(18-5-3-2-4-6-18)22-13-15-25-16-14-22;;/h2-6,17,19,21H,7-16H2,1H3;2*1H. The van der Waals surface area contributed by atoms with Crippen LogP contribution in [0.5, 0.6) is 0 Å². The summed E-state index contributed by atoms with van der Waals surface area (Å²) in [5, 5.41) is 3.24. The topological polar surface area (TPSA) is 35.6 Å². The molecule has 1 aromatic carbocycles. The van der Waals surface area contributed by atoms with E-state index >= 15 is 0 Å². The van der Waals surface area contributed by atoms with Crippen LogP contribution < -0.4 is 5.32 Å². The highest BCUT2D eigenvalue weighted by molar-refractivity contribution is 7.99. The molecule has 0 radical (unpaired) electrons. The average Bonchev–Trinajstić information content (AvgIpc) is 2.68. The zero-order valence-electron chi connectivity index (χ0n) is 16.1. The highest BCUT2D eigenvalue weighted by atomic mass is 35.5. The molecule has 2 heterocycles. The number of halogens is 2. The van der Waals surface area contributed by atoms with Gasteiger partial charge in [-0.25, -0.2) is 0 Å². The Labute approximate surface area is 180 Å². The first kappa shape index (κ1) is 24.6. The van der Waals surface area contributed by atoms with Crippen molar-refractivity contribution >= 4 is 42.5 Å². The first-order chi connectivity index (χ1) is 12.3. The number of carbonyl (C=O) groups is 1. The predicted molar refractivity (Wildman–Crippen MR) is 120 cm³/mol. The minimum absolute atomic E-state index is 0. The lowest BCUT2D eigenvalue weighted by molar-refractivity contribution is -0.138. The van der Waals surface area contributed by atoms with Gasteiger partial charge in [-0.1, -0.05) is 30.3 Å². The van der Waals surface area contributed by atoms with E-state index in [4.69, 9.17) is 0 Å². The molecule has 27 heavy (non-hydrogen) atoms.